The Morgan fingerprint density at radius 3 is 2.40 bits per heavy atom. The van der Waals surface area contributed by atoms with E-state index in [0.29, 0.717) is 31.3 Å². The zero-order chi connectivity index (χ0) is 22.0. The number of amides is 1. The average molecular weight is 437 g/mol. The van der Waals surface area contributed by atoms with Gasteiger partial charge < -0.3 is 10.4 Å². The van der Waals surface area contributed by atoms with Gasteiger partial charge in [0.2, 0.25) is 0 Å². The number of carbonyl (C=O) groups is 2. The summed E-state index contributed by atoms with van der Waals surface area (Å²) < 4.78 is 42.0. The highest BCUT2D eigenvalue weighted by atomic mass is 35.5. The van der Waals surface area contributed by atoms with Crippen LogP contribution in [-0.4, -0.2) is 22.7 Å². The van der Waals surface area contributed by atoms with Gasteiger partial charge in [0.15, 0.2) is 11.6 Å². The van der Waals surface area contributed by atoms with E-state index in [-0.39, 0.29) is 27.6 Å². The molecule has 3 N–H and O–H groups in total. The molecule has 0 aliphatic heterocycles. The standard InChI is InChI=1S/C21H16ClF3N2O3/c22-13-7-8-14(23)18(25)17(13)20(28)27-16-4-2-1-3-12(16)19(26)11-6-5-10(21(29)30)9-15(11)24/h5-9,26H,1-4H2,(H,27,28)(H,29,30). The van der Waals surface area contributed by atoms with Crippen molar-refractivity contribution in [3.8, 4) is 0 Å². The predicted molar refractivity (Wildman–Crippen MR) is 105 cm³/mol. The Bertz CT molecular complexity index is 1100. The number of rotatable bonds is 5. The fourth-order valence-electron chi connectivity index (χ4n) is 3.27. The summed E-state index contributed by atoms with van der Waals surface area (Å²) in [5.74, 6) is -5.77. The first-order chi connectivity index (χ1) is 14.2. The van der Waals surface area contributed by atoms with E-state index in [1.807, 2.05) is 0 Å². The highest BCUT2D eigenvalue weighted by molar-refractivity contribution is 6.34. The van der Waals surface area contributed by atoms with Gasteiger partial charge in [0.1, 0.15) is 5.82 Å². The molecule has 0 radical (unpaired) electrons. The molecule has 0 atom stereocenters. The van der Waals surface area contributed by atoms with E-state index in [0.717, 1.165) is 18.2 Å². The van der Waals surface area contributed by atoms with E-state index in [1.165, 1.54) is 12.1 Å². The Labute approximate surface area is 174 Å². The first kappa shape index (κ1) is 21.6. The molecule has 0 unspecified atom stereocenters. The van der Waals surface area contributed by atoms with Crippen molar-refractivity contribution in [3.63, 3.8) is 0 Å². The molecular weight excluding hydrogens is 421 g/mol. The Kier molecular flexibility index (Phi) is 6.26. The predicted octanol–water partition coefficient (Wildman–Crippen LogP) is 5.08. The summed E-state index contributed by atoms with van der Waals surface area (Å²) in [4.78, 5) is 23.5. The number of hydrogen-bond donors (Lipinski definition) is 3. The first-order valence-electron chi connectivity index (χ1n) is 8.99. The Balaban J connectivity index is 1.96. The zero-order valence-corrected chi connectivity index (χ0v) is 16.2. The lowest BCUT2D eigenvalue weighted by atomic mass is 9.89. The SMILES string of the molecule is N=C(C1=C(NC(=O)c2c(Cl)ccc(F)c2F)CCCC1)c1ccc(C(=O)O)cc1F. The third-order valence-electron chi connectivity index (χ3n) is 4.79. The average Bonchev–Trinajstić information content (AvgIpc) is 2.71. The van der Waals surface area contributed by atoms with Crippen molar-refractivity contribution in [2.45, 2.75) is 25.7 Å². The monoisotopic (exact) mass is 436 g/mol. The molecule has 1 amide bonds. The third kappa shape index (κ3) is 4.23. The van der Waals surface area contributed by atoms with Crippen LogP contribution in [0, 0.1) is 22.9 Å². The number of aromatic carboxylic acids is 1. The second-order valence-electron chi connectivity index (χ2n) is 6.71. The molecule has 1 aliphatic rings. The lowest BCUT2D eigenvalue weighted by molar-refractivity contribution is 0.0696. The van der Waals surface area contributed by atoms with Crippen molar-refractivity contribution in [1.29, 1.82) is 5.41 Å². The fraction of sp³-hybridized carbons (Fsp3) is 0.190. The molecule has 156 valence electrons. The zero-order valence-electron chi connectivity index (χ0n) is 15.5. The topological polar surface area (TPSA) is 90.3 Å². The summed E-state index contributed by atoms with van der Waals surface area (Å²) in [6.07, 6.45) is 2.05. The lowest BCUT2D eigenvalue weighted by Gasteiger charge is -2.22. The van der Waals surface area contributed by atoms with Crippen LogP contribution < -0.4 is 5.32 Å². The highest BCUT2D eigenvalue weighted by Crippen LogP contribution is 2.28. The van der Waals surface area contributed by atoms with Gasteiger partial charge in [-0.05, 0) is 61.6 Å². The van der Waals surface area contributed by atoms with Crippen LogP contribution >= 0.6 is 11.6 Å². The van der Waals surface area contributed by atoms with Gasteiger partial charge in [-0.3, -0.25) is 10.2 Å². The van der Waals surface area contributed by atoms with Gasteiger partial charge in [-0.1, -0.05) is 11.6 Å². The maximum absolute atomic E-state index is 14.4. The van der Waals surface area contributed by atoms with Gasteiger partial charge in [0, 0.05) is 11.3 Å². The van der Waals surface area contributed by atoms with E-state index < -0.39 is 34.9 Å². The molecule has 2 aromatic carbocycles. The Morgan fingerprint density at radius 1 is 1.03 bits per heavy atom. The van der Waals surface area contributed by atoms with Crippen molar-refractivity contribution in [1.82, 2.24) is 5.32 Å². The molecule has 0 heterocycles. The van der Waals surface area contributed by atoms with Crippen LogP contribution in [0.3, 0.4) is 0 Å². The van der Waals surface area contributed by atoms with Crippen LogP contribution in [0.25, 0.3) is 0 Å². The highest BCUT2D eigenvalue weighted by Gasteiger charge is 2.25. The van der Waals surface area contributed by atoms with Gasteiger partial charge in [-0.15, -0.1) is 0 Å². The molecule has 3 rings (SSSR count). The van der Waals surface area contributed by atoms with Crippen molar-refractivity contribution in [3.05, 3.63) is 80.8 Å². The van der Waals surface area contributed by atoms with Crippen molar-refractivity contribution in [2.24, 2.45) is 0 Å². The van der Waals surface area contributed by atoms with Crippen LogP contribution in [0.15, 0.2) is 41.6 Å². The van der Waals surface area contributed by atoms with Crippen LogP contribution in [0.5, 0.6) is 0 Å². The summed E-state index contributed by atoms with van der Waals surface area (Å²) in [5, 5.41) is 19.6. The molecule has 30 heavy (non-hydrogen) atoms. The summed E-state index contributed by atoms with van der Waals surface area (Å²) in [6, 6.07) is 5.05. The van der Waals surface area contributed by atoms with Crippen LogP contribution in [0.4, 0.5) is 13.2 Å². The number of nitrogens with one attached hydrogen (secondary N) is 2. The molecule has 0 saturated carbocycles. The first-order valence-corrected chi connectivity index (χ1v) is 9.37. The molecule has 5 nitrogen and oxygen atoms in total. The second-order valence-corrected chi connectivity index (χ2v) is 7.12. The maximum atomic E-state index is 14.4. The largest absolute Gasteiger partial charge is 0.478 e. The number of allylic oxidation sites excluding steroid dienone is 2. The number of benzene rings is 2. The van der Waals surface area contributed by atoms with Gasteiger partial charge in [0.05, 0.1) is 21.9 Å². The van der Waals surface area contributed by atoms with Crippen LogP contribution in [0.2, 0.25) is 5.02 Å². The van der Waals surface area contributed by atoms with Crippen molar-refractivity contribution >= 4 is 29.2 Å². The van der Waals surface area contributed by atoms with Crippen LogP contribution in [-0.2, 0) is 0 Å². The molecule has 0 aromatic heterocycles. The smallest absolute Gasteiger partial charge is 0.335 e. The minimum Gasteiger partial charge on any atom is -0.478 e. The molecule has 1 aliphatic carbocycles. The minimum absolute atomic E-state index is 0.126. The Hall–Kier alpha value is -3.13. The van der Waals surface area contributed by atoms with E-state index >= 15 is 0 Å². The Morgan fingerprint density at radius 2 is 1.73 bits per heavy atom. The van der Waals surface area contributed by atoms with E-state index in [1.54, 1.807) is 0 Å². The molecule has 9 heteroatoms. The van der Waals surface area contributed by atoms with Crippen molar-refractivity contribution in [2.75, 3.05) is 0 Å². The van der Waals surface area contributed by atoms with E-state index in [2.05, 4.69) is 5.32 Å². The number of carboxylic acid groups (broad SMARTS) is 1. The summed E-state index contributed by atoms with van der Waals surface area (Å²) in [7, 11) is 0. The molecule has 0 spiro atoms. The normalized spacial score (nSPS) is 13.9. The molecule has 0 bridgehead atoms. The third-order valence-corrected chi connectivity index (χ3v) is 5.11. The van der Waals surface area contributed by atoms with E-state index in [4.69, 9.17) is 22.1 Å². The summed E-state index contributed by atoms with van der Waals surface area (Å²) in [5.41, 5.74) is -0.630. The van der Waals surface area contributed by atoms with Crippen molar-refractivity contribution < 1.29 is 27.9 Å². The molecule has 0 fully saturated rings. The second kappa shape index (κ2) is 8.71. The van der Waals surface area contributed by atoms with Gasteiger partial charge in [-0.25, -0.2) is 18.0 Å². The molecule has 2 aromatic rings. The van der Waals surface area contributed by atoms with Crippen LogP contribution in [0.1, 0.15) is 52.0 Å². The number of hydrogen-bond acceptors (Lipinski definition) is 3. The molecular formula is C21H16ClF3N2O3. The summed E-state index contributed by atoms with van der Waals surface area (Å²) in [6.45, 7) is 0. The fourth-order valence-corrected chi connectivity index (χ4v) is 3.50. The molecule has 0 saturated heterocycles. The van der Waals surface area contributed by atoms with Gasteiger partial charge in [0.25, 0.3) is 5.91 Å². The maximum Gasteiger partial charge on any atom is 0.335 e. The lowest BCUT2D eigenvalue weighted by Crippen LogP contribution is -2.28. The number of carbonyl (C=O) groups excluding carboxylic acids is 1. The van der Waals surface area contributed by atoms with Gasteiger partial charge >= 0.3 is 5.97 Å². The van der Waals surface area contributed by atoms with Gasteiger partial charge in [-0.2, -0.15) is 0 Å². The number of carboxylic acids is 1. The summed E-state index contributed by atoms with van der Waals surface area (Å²) >= 11 is 5.85. The number of halogens is 4. The minimum atomic E-state index is -1.39. The quantitative estimate of drug-likeness (QED) is 0.451. The van der Waals surface area contributed by atoms with E-state index in [9.17, 15) is 22.8 Å².